The second-order valence-electron chi connectivity index (χ2n) is 3.76. The topological polar surface area (TPSA) is 0 Å². The molecular formula is C15H16. The Balaban J connectivity index is 2.83. The molecule has 15 heavy (non-hydrogen) atoms. The van der Waals surface area contributed by atoms with Crippen molar-refractivity contribution in [1.82, 2.24) is 0 Å². The van der Waals surface area contributed by atoms with E-state index in [1.54, 1.807) is 0 Å². The van der Waals surface area contributed by atoms with Crippen LogP contribution in [0.3, 0.4) is 0 Å². The highest BCUT2D eigenvalue weighted by Crippen LogP contribution is 2.08. The van der Waals surface area contributed by atoms with Crippen LogP contribution >= 0.6 is 0 Å². The monoisotopic (exact) mass is 196 g/mol. The van der Waals surface area contributed by atoms with Gasteiger partial charge in [-0.05, 0) is 41.3 Å². The number of rotatable bonds is 2. The minimum absolute atomic E-state index is 1.15. The van der Waals surface area contributed by atoms with Crippen molar-refractivity contribution in [3.8, 4) is 0 Å². The summed E-state index contributed by atoms with van der Waals surface area (Å²) in [5.74, 6) is 0. The molecule has 0 aliphatic heterocycles. The van der Waals surface area contributed by atoms with Crippen molar-refractivity contribution in [2.24, 2.45) is 0 Å². The van der Waals surface area contributed by atoms with Crippen LogP contribution in [0.1, 0.15) is 30.9 Å². The quantitative estimate of drug-likeness (QED) is 0.682. The Kier molecular flexibility index (Phi) is 2.86. The van der Waals surface area contributed by atoms with Crippen LogP contribution in [0.25, 0.3) is 24.3 Å². The van der Waals surface area contributed by atoms with Gasteiger partial charge in [-0.1, -0.05) is 49.1 Å². The van der Waals surface area contributed by atoms with E-state index in [4.69, 9.17) is 0 Å². The third-order valence-corrected chi connectivity index (χ3v) is 2.79. The van der Waals surface area contributed by atoms with Crippen molar-refractivity contribution in [2.75, 3.05) is 0 Å². The van der Waals surface area contributed by atoms with Gasteiger partial charge in [0.1, 0.15) is 0 Å². The Morgan fingerprint density at radius 2 is 2.00 bits per heavy atom. The zero-order valence-corrected chi connectivity index (χ0v) is 9.16. The molecule has 0 N–H and O–H groups in total. The summed E-state index contributed by atoms with van der Waals surface area (Å²) in [4.78, 5) is 0. The first kappa shape index (κ1) is 9.97. The molecular weight excluding hydrogens is 180 g/mol. The third kappa shape index (κ3) is 1.80. The molecule has 0 aromatic heterocycles. The maximum absolute atomic E-state index is 3.86. The first-order chi connectivity index (χ1) is 7.36. The minimum Gasteiger partial charge on any atom is -0.0984 e. The highest BCUT2D eigenvalue weighted by molar-refractivity contribution is 5.66. The number of allylic oxidation sites excluding steroid dienone is 1. The maximum Gasteiger partial charge on any atom is -0.0112 e. The largest absolute Gasteiger partial charge is 0.0984 e. The summed E-state index contributed by atoms with van der Waals surface area (Å²) in [7, 11) is 0. The Hall–Kier alpha value is -1.56. The molecule has 76 valence electrons. The first-order valence-electron chi connectivity index (χ1n) is 5.45. The molecule has 0 heteroatoms. The molecule has 0 saturated carbocycles. The van der Waals surface area contributed by atoms with Crippen LogP contribution in [-0.2, 0) is 0 Å². The summed E-state index contributed by atoms with van der Waals surface area (Å²) in [6, 6.07) is 4.34. The number of hydrogen-bond donors (Lipinski definition) is 0. The lowest BCUT2D eigenvalue weighted by Crippen LogP contribution is -2.29. The van der Waals surface area contributed by atoms with Gasteiger partial charge >= 0.3 is 0 Å². The van der Waals surface area contributed by atoms with Crippen molar-refractivity contribution >= 4 is 24.3 Å². The molecule has 1 aliphatic rings. The maximum atomic E-state index is 3.86. The first-order valence-corrected chi connectivity index (χ1v) is 5.45. The number of benzene rings is 1. The van der Waals surface area contributed by atoms with Crippen LogP contribution < -0.4 is 10.4 Å². The Morgan fingerprint density at radius 1 is 1.20 bits per heavy atom. The van der Waals surface area contributed by atoms with E-state index in [1.807, 2.05) is 6.08 Å². The van der Waals surface area contributed by atoms with Gasteiger partial charge in [0.2, 0.25) is 0 Å². The second-order valence-corrected chi connectivity index (χ2v) is 3.76. The van der Waals surface area contributed by atoms with Crippen molar-refractivity contribution in [3.05, 3.63) is 46.4 Å². The zero-order valence-electron chi connectivity index (χ0n) is 9.16. The number of hydrogen-bond acceptors (Lipinski definition) is 0. The van der Waals surface area contributed by atoms with Crippen LogP contribution in [0.4, 0.5) is 0 Å². The van der Waals surface area contributed by atoms with E-state index in [9.17, 15) is 0 Å². The summed E-state index contributed by atoms with van der Waals surface area (Å²) in [6.45, 7) is 5.92. The highest BCUT2D eigenvalue weighted by Gasteiger charge is 2.01. The lowest BCUT2D eigenvalue weighted by molar-refractivity contribution is 1.11. The standard InChI is InChI=1S/C15H16/c1-3-7-14-12(4-2)10-11-13-8-5-6-9-15(13)14/h3-4,7-11H,2,5-6H2,1H3/b7-3-. The molecule has 1 aliphatic carbocycles. The fraction of sp³-hybridized carbons (Fsp3) is 0.200. The molecule has 2 rings (SSSR count). The van der Waals surface area contributed by atoms with E-state index >= 15 is 0 Å². The number of fused-ring (bicyclic) bond motifs is 1. The summed E-state index contributed by atoms with van der Waals surface area (Å²) >= 11 is 0. The average molecular weight is 196 g/mol. The smallest absolute Gasteiger partial charge is 0.0112 e. The molecule has 0 heterocycles. The molecule has 1 aromatic carbocycles. The Bertz CT molecular complexity index is 516. The molecule has 0 amide bonds. The van der Waals surface area contributed by atoms with Crippen molar-refractivity contribution in [1.29, 1.82) is 0 Å². The van der Waals surface area contributed by atoms with Gasteiger partial charge in [-0.25, -0.2) is 0 Å². The van der Waals surface area contributed by atoms with Gasteiger partial charge in [0.05, 0.1) is 0 Å². The van der Waals surface area contributed by atoms with Crippen LogP contribution in [0.5, 0.6) is 0 Å². The zero-order chi connectivity index (χ0) is 10.7. The van der Waals surface area contributed by atoms with Crippen molar-refractivity contribution < 1.29 is 0 Å². The predicted octanol–water partition coefficient (Wildman–Crippen LogP) is 2.72. The molecule has 0 unspecified atom stereocenters. The molecule has 0 atom stereocenters. The summed E-state index contributed by atoms with van der Waals surface area (Å²) < 4.78 is 0. The van der Waals surface area contributed by atoms with Crippen LogP contribution in [-0.4, -0.2) is 0 Å². The van der Waals surface area contributed by atoms with Crippen LogP contribution in [0, 0.1) is 0 Å². The van der Waals surface area contributed by atoms with E-state index in [2.05, 4.69) is 49.9 Å². The summed E-state index contributed by atoms with van der Waals surface area (Å²) in [6.07, 6.45) is 13.1. The van der Waals surface area contributed by atoms with Gasteiger partial charge in [-0.2, -0.15) is 0 Å². The molecule has 0 fully saturated rings. The summed E-state index contributed by atoms with van der Waals surface area (Å²) in [5, 5.41) is 2.73. The Labute approximate surface area is 91.0 Å². The third-order valence-electron chi connectivity index (χ3n) is 2.79. The fourth-order valence-electron chi connectivity index (χ4n) is 2.07. The van der Waals surface area contributed by atoms with E-state index in [0.29, 0.717) is 0 Å². The van der Waals surface area contributed by atoms with Gasteiger partial charge in [-0.15, -0.1) is 0 Å². The Morgan fingerprint density at radius 3 is 2.73 bits per heavy atom. The van der Waals surface area contributed by atoms with Crippen molar-refractivity contribution in [3.63, 3.8) is 0 Å². The molecule has 1 aromatic rings. The highest BCUT2D eigenvalue weighted by atomic mass is 14.1. The second kappa shape index (κ2) is 4.31. The predicted molar refractivity (Wildman–Crippen MR) is 68.7 cm³/mol. The van der Waals surface area contributed by atoms with Gasteiger partial charge in [0, 0.05) is 0 Å². The van der Waals surface area contributed by atoms with E-state index < -0.39 is 0 Å². The van der Waals surface area contributed by atoms with Crippen LogP contribution in [0.15, 0.2) is 24.8 Å². The molecule has 0 spiro atoms. The average Bonchev–Trinajstić information content (AvgIpc) is 2.30. The van der Waals surface area contributed by atoms with Gasteiger partial charge in [0.15, 0.2) is 0 Å². The molecule has 0 saturated heterocycles. The molecule has 0 radical (unpaired) electrons. The van der Waals surface area contributed by atoms with Gasteiger partial charge in [0.25, 0.3) is 0 Å². The van der Waals surface area contributed by atoms with Gasteiger partial charge in [-0.3, -0.25) is 0 Å². The van der Waals surface area contributed by atoms with Crippen molar-refractivity contribution in [2.45, 2.75) is 19.8 Å². The lowest BCUT2D eigenvalue weighted by Gasteiger charge is -2.07. The van der Waals surface area contributed by atoms with E-state index in [-0.39, 0.29) is 0 Å². The molecule has 0 nitrogen and oxygen atoms in total. The fourth-order valence-corrected chi connectivity index (χ4v) is 2.07. The minimum atomic E-state index is 1.15. The van der Waals surface area contributed by atoms with Crippen LogP contribution in [0.2, 0.25) is 0 Å². The molecule has 0 bridgehead atoms. The van der Waals surface area contributed by atoms with E-state index in [0.717, 1.165) is 12.8 Å². The SMILES string of the molecule is C=Cc1ccc2c(c1/C=C\C)=CCCC=2. The lowest BCUT2D eigenvalue weighted by atomic mass is 9.98. The van der Waals surface area contributed by atoms with E-state index in [1.165, 1.54) is 21.6 Å². The summed E-state index contributed by atoms with van der Waals surface area (Å²) in [5.41, 5.74) is 2.53. The normalized spacial score (nSPS) is 14.2. The van der Waals surface area contributed by atoms with Gasteiger partial charge < -0.3 is 0 Å².